The first-order chi connectivity index (χ1) is 15.7. The molecule has 2 aromatic carbocycles. The number of nitrogens with one attached hydrogen (secondary N) is 1. The van der Waals surface area contributed by atoms with Gasteiger partial charge in [0.2, 0.25) is 12.7 Å². The van der Waals surface area contributed by atoms with E-state index in [1.807, 2.05) is 36.4 Å². The van der Waals surface area contributed by atoms with Crippen LogP contribution in [0.25, 0.3) is 10.9 Å². The van der Waals surface area contributed by atoms with Crippen molar-refractivity contribution in [3.63, 3.8) is 0 Å². The molecule has 0 aliphatic carbocycles. The molecule has 0 saturated carbocycles. The predicted octanol–water partition coefficient (Wildman–Crippen LogP) is 3.53. The number of H-pyrrole nitrogens is 1. The van der Waals surface area contributed by atoms with Gasteiger partial charge in [-0.2, -0.15) is 0 Å². The molecule has 0 unspecified atom stereocenters. The molecule has 2 amide bonds. The van der Waals surface area contributed by atoms with Gasteiger partial charge in [-0.25, -0.2) is 0 Å². The zero-order chi connectivity index (χ0) is 21.8. The van der Waals surface area contributed by atoms with E-state index >= 15 is 0 Å². The van der Waals surface area contributed by atoms with Crippen LogP contribution in [-0.2, 0) is 22.6 Å². The number of benzene rings is 2. The topological polar surface area (TPSA) is 74.9 Å². The molecule has 3 aliphatic heterocycles. The van der Waals surface area contributed by atoms with Crippen LogP contribution in [0.3, 0.4) is 0 Å². The van der Waals surface area contributed by atoms with Gasteiger partial charge in [0.15, 0.2) is 11.5 Å². The molecule has 3 aliphatic rings. The third kappa shape index (κ3) is 2.80. The van der Waals surface area contributed by atoms with E-state index in [9.17, 15) is 9.59 Å². The van der Waals surface area contributed by atoms with E-state index in [1.54, 1.807) is 9.80 Å². The summed E-state index contributed by atoms with van der Waals surface area (Å²) in [5.41, 5.74) is 3.99. The SMILES string of the molecule is CCCCN1C(=O)[C@H]2Cc3c([nH]c4ccccc34)CN2C(=O)[C@@H]1c1ccc2c(c1)OCO2. The van der Waals surface area contributed by atoms with Gasteiger partial charge in [-0.15, -0.1) is 0 Å². The van der Waals surface area contributed by atoms with Crippen LogP contribution >= 0.6 is 0 Å². The average Bonchev–Trinajstić information content (AvgIpc) is 3.43. The van der Waals surface area contributed by atoms with E-state index in [-0.39, 0.29) is 18.6 Å². The largest absolute Gasteiger partial charge is 0.454 e. The molecule has 164 valence electrons. The number of aromatic nitrogens is 1. The summed E-state index contributed by atoms with van der Waals surface area (Å²) in [5.74, 6) is 1.28. The van der Waals surface area contributed by atoms with Crippen LogP contribution in [0.5, 0.6) is 11.5 Å². The summed E-state index contributed by atoms with van der Waals surface area (Å²) in [6.07, 6.45) is 2.35. The van der Waals surface area contributed by atoms with Gasteiger partial charge in [0.25, 0.3) is 5.91 Å². The minimum atomic E-state index is -0.647. The zero-order valence-corrected chi connectivity index (χ0v) is 18.0. The van der Waals surface area contributed by atoms with Crippen LogP contribution < -0.4 is 9.47 Å². The summed E-state index contributed by atoms with van der Waals surface area (Å²) in [6, 6.07) is 12.6. The van der Waals surface area contributed by atoms with Crippen molar-refractivity contribution in [1.82, 2.24) is 14.8 Å². The molecule has 4 heterocycles. The summed E-state index contributed by atoms with van der Waals surface area (Å²) in [4.78, 5) is 34.6. The van der Waals surface area contributed by atoms with E-state index < -0.39 is 12.1 Å². The van der Waals surface area contributed by atoms with Gasteiger partial charge in [-0.3, -0.25) is 9.59 Å². The number of carbonyl (C=O) groups is 2. The smallest absolute Gasteiger partial charge is 0.251 e. The highest BCUT2D eigenvalue weighted by Gasteiger charge is 2.48. The quantitative estimate of drug-likeness (QED) is 0.686. The molecule has 0 bridgehead atoms. The lowest BCUT2D eigenvalue weighted by Gasteiger charge is -2.47. The summed E-state index contributed by atoms with van der Waals surface area (Å²) >= 11 is 0. The summed E-state index contributed by atoms with van der Waals surface area (Å²) < 4.78 is 11.0. The Labute approximate surface area is 185 Å². The van der Waals surface area contributed by atoms with Gasteiger partial charge in [-0.05, 0) is 35.7 Å². The maximum atomic E-state index is 13.9. The Morgan fingerprint density at radius 3 is 2.78 bits per heavy atom. The van der Waals surface area contributed by atoms with E-state index in [1.165, 1.54) is 0 Å². The maximum absolute atomic E-state index is 13.9. The lowest BCUT2D eigenvalue weighted by atomic mass is 9.89. The molecule has 1 N–H and O–H groups in total. The summed E-state index contributed by atoms with van der Waals surface area (Å²) in [5, 5.41) is 1.14. The number of fused-ring (bicyclic) bond motifs is 5. The number of hydrogen-bond acceptors (Lipinski definition) is 4. The van der Waals surface area contributed by atoms with Crippen molar-refractivity contribution in [2.45, 2.75) is 44.8 Å². The minimum absolute atomic E-state index is 0.0247. The fourth-order valence-corrected chi connectivity index (χ4v) is 5.24. The molecule has 0 radical (unpaired) electrons. The van der Waals surface area contributed by atoms with E-state index in [2.05, 4.69) is 18.0 Å². The number of piperazine rings is 1. The van der Waals surface area contributed by atoms with Crippen molar-refractivity contribution in [3.8, 4) is 11.5 Å². The van der Waals surface area contributed by atoms with Crippen molar-refractivity contribution < 1.29 is 19.1 Å². The molecule has 6 rings (SSSR count). The molecular formula is C25H25N3O4. The van der Waals surface area contributed by atoms with Crippen LogP contribution in [-0.4, -0.2) is 46.0 Å². The summed E-state index contributed by atoms with van der Waals surface area (Å²) in [6.45, 7) is 3.25. The van der Waals surface area contributed by atoms with Gasteiger partial charge in [0.1, 0.15) is 12.1 Å². The highest BCUT2D eigenvalue weighted by molar-refractivity contribution is 5.99. The van der Waals surface area contributed by atoms with E-state index in [0.717, 1.165) is 40.6 Å². The molecule has 1 fully saturated rings. The van der Waals surface area contributed by atoms with E-state index in [4.69, 9.17) is 9.47 Å². The van der Waals surface area contributed by atoms with E-state index in [0.29, 0.717) is 31.0 Å². The molecule has 32 heavy (non-hydrogen) atoms. The standard InChI is InChI=1S/C25H25N3O4/c1-2-3-10-27-23(15-8-9-21-22(11-15)32-14-31-21)25(30)28-13-19-17(12-20(28)24(27)29)16-6-4-5-7-18(16)26-19/h4-9,11,20,23,26H,2-3,10,12-14H2,1H3/t20-,23+/m1/s1. The van der Waals surface area contributed by atoms with Crippen molar-refractivity contribution in [1.29, 1.82) is 0 Å². The molecular weight excluding hydrogens is 406 g/mol. The number of amides is 2. The highest BCUT2D eigenvalue weighted by atomic mass is 16.7. The molecule has 0 spiro atoms. The molecule has 1 aromatic heterocycles. The second-order valence-corrected chi connectivity index (χ2v) is 8.71. The minimum Gasteiger partial charge on any atom is -0.454 e. The second-order valence-electron chi connectivity index (χ2n) is 8.71. The number of unbranched alkanes of at least 4 members (excludes halogenated alkanes) is 1. The van der Waals surface area contributed by atoms with Gasteiger partial charge in [0, 0.05) is 29.6 Å². The molecule has 3 aromatic rings. The Kier molecular flexibility index (Phi) is 4.38. The third-order valence-corrected chi connectivity index (χ3v) is 6.87. The summed E-state index contributed by atoms with van der Waals surface area (Å²) in [7, 11) is 0. The van der Waals surface area contributed by atoms with Gasteiger partial charge in [0.05, 0.1) is 6.54 Å². The van der Waals surface area contributed by atoms with Crippen molar-refractivity contribution >= 4 is 22.7 Å². The van der Waals surface area contributed by atoms with Crippen LogP contribution in [0.2, 0.25) is 0 Å². The van der Waals surface area contributed by atoms with Gasteiger partial charge < -0.3 is 24.3 Å². The predicted molar refractivity (Wildman–Crippen MR) is 118 cm³/mol. The first-order valence-electron chi connectivity index (χ1n) is 11.2. The Hall–Kier alpha value is -3.48. The number of rotatable bonds is 4. The second kappa shape index (κ2) is 7.29. The number of ether oxygens (including phenoxy) is 2. The normalized spacial score (nSPS) is 21.8. The molecule has 1 saturated heterocycles. The monoisotopic (exact) mass is 431 g/mol. The highest BCUT2D eigenvalue weighted by Crippen LogP contribution is 2.41. The Bertz CT molecular complexity index is 1230. The number of aromatic amines is 1. The average molecular weight is 431 g/mol. The van der Waals surface area contributed by atoms with Crippen LogP contribution in [0.1, 0.15) is 42.6 Å². The number of hydrogen-bond donors (Lipinski definition) is 1. The molecule has 2 atom stereocenters. The van der Waals surface area contributed by atoms with Gasteiger partial charge in [-0.1, -0.05) is 37.6 Å². The van der Waals surface area contributed by atoms with Gasteiger partial charge >= 0.3 is 0 Å². The van der Waals surface area contributed by atoms with Crippen LogP contribution in [0, 0.1) is 0 Å². The Balaban J connectivity index is 1.41. The fraction of sp³-hybridized carbons (Fsp3) is 0.360. The van der Waals surface area contributed by atoms with Crippen molar-refractivity contribution in [3.05, 3.63) is 59.3 Å². The Morgan fingerprint density at radius 1 is 1.06 bits per heavy atom. The van der Waals surface area contributed by atoms with Crippen LogP contribution in [0.4, 0.5) is 0 Å². The van der Waals surface area contributed by atoms with Crippen molar-refractivity contribution in [2.24, 2.45) is 0 Å². The fourth-order valence-electron chi connectivity index (χ4n) is 5.24. The molecule has 7 nitrogen and oxygen atoms in total. The maximum Gasteiger partial charge on any atom is 0.251 e. The van der Waals surface area contributed by atoms with Crippen LogP contribution in [0.15, 0.2) is 42.5 Å². The number of nitrogens with zero attached hydrogens (tertiary/aromatic N) is 2. The first-order valence-corrected chi connectivity index (χ1v) is 11.2. The molecule has 7 heteroatoms. The third-order valence-electron chi connectivity index (χ3n) is 6.87. The Morgan fingerprint density at radius 2 is 1.91 bits per heavy atom. The lowest BCUT2D eigenvalue weighted by Crippen LogP contribution is -2.62. The zero-order valence-electron chi connectivity index (χ0n) is 18.0. The lowest BCUT2D eigenvalue weighted by molar-refractivity contribution is -0.163. The number of carbonyl (C=O) groups excluding carboxylic acids is 2. The number of para-hydroxylation sites is 1. The van der Waals surface area contributed by atoms with Crippen molar-refractivity contribution in [2.75, 3.05) is 13.3 Å². The first kappa shape index (κ1) is 19.2.